The summed E-state index contributed by atoms with van der Waals surface area (Å²) in [6.45, 7) is 12.7. The van der Waals surface area contributed by atoms with Crippen LogP contribution in [0.5, 0.6) is 5.75 Å². The Labute approximate surface area is 216 Å². The molecule has 0 heterocycles. The number of nitrogens with one attached hydrogen (secondary N) is 1. The lowest BCUT2D eigenvalue weighted by atomic mass is 9.72. The van der Waals surface area contributed by atoms with Crippen LogP contribution in [-0.2, 0) is 13.9 Å². The summed E-state index contributed by atoms with van der Waals surface area (Å²) in [5.74, 6) is -0.0910. The fourth-order valence-corrected chi connectivity index (χ4v) is 4.89. The van der Waals surface area contributed by atoms with Crippen LogP contribution in [0.25, 0.3) is 0 Å². The van der Waals surface area contributed by atoms with Crippen LogP contribution < -0.4 is 9.84 Å². The molecule has 0 fully saturated rings. The molecule has 6 nitrogen and oxygen atoms in total. The third kappa shape index (κ3) is 10.1. The molecule has 36 heavy (non-hydrogen) atoms. The molecule has 0 saturated heterocycles. The van der Waals surface area contributed by atoms with Gasteiger partial charge in [-0.1, -0.05) is 62.3 Å². The number of amides is 1. The maximum absolute atomic E-state index is 12.3. The molecular formula is C29H40NO5P. The second-order valence-corrected chi connectivity index (χ2v) is 11.2. The maximum atomic E-state index is 12.3. The van der Waals surface area contributed by atoms with Crippen molar-refractivity contribution in [2.45, 2.75) is 67.2 Å². The molecule has 0 bridgehead atoms. The van der Waals surface area contributed by atoms with Crippen molar-refractivity contribution in [1.82, 2.24) is 0 Å². The largest absolute Gasteiger partial charge is 0.527 e. The van der Waals surface area contributed by atoms with E-state index in [1.807, 2.05) is 32.1 Å². The SMILES string of the molecule is CCCOP(=O)(O)Oc1ccc(NC(=O)C=C(C)C=CC=C(C)C=CC2=C(C)CCCC2(C)C)cc1. The number of hydrogen-bond donors (Lipinski definition) is 2. The number of allylic oxidation sites excluding steroid dienone is 9. The molecule has 0 radical (unpaired) electrons. The van der Waals surface area contributed by atoms with E-state index < -0.39 is 7.82 Å². The average Bonchev–Trinajstić information content (AvgIpc) is 2.78. The van der Waals surface area contributed by atoms with Crippen molar-refractivity contribution < 1.29 is 23.3 Å². The number of phosphoric ester groups is 1. The zero-order valence-corrected chi connectivity index (χ0v) is 23.2. The van der Waals surface area contributed by atoms with Crippen molar-refractivity contribution in [3.8, 4) is 5.75 Å². The fraction of sp³-hybridized carbons (Fsp3) is 0.414. The molecule has 1 aliphatic carbocycles. The second kappa shape index (κ2) is 13.6. The number of carbonyl (C=O) groups is 1. The molecule has 7 heteroatoms. The van der Waals surface area contributed by atoms with Gasteiger partial charge in [0.05, 0.1) is 6.61 Å². The van der Waals surface area contributed by atoms with Gasteiger partial charge in [-0.15, -0.1) is 0 Å². The molecule has 0 saturated carbocycles. The van der Waals surface area contributed by atoms with Gasteiger partial charge in [-0.25, -0.2) is 4.57 Å². The first kappa shape index (κ1) is 29.6. The number of hydrogen-bond acceptors (Lipinski definition) is 4. The number of carbonyl (C=O) groups excluding carboxylic acids is 1. The minimum Gasteiger partial charge on any atom is -0.404 e. The van der Waals surface area contributed by atoms with Gasteiger partial charge >= 0.3 is 7.82 Å². The molecule has 1 atom stereocenters. The maximum Gasteiger partial charge on any atom is 0.527 e. The van der Waals surface area contributed by atoms with E-state index in [0.29, 0.717) is 12.1 Å². The van der Waals surface area contributed by atoms with E-state index in [2.05, 4.69) is 45.2 Å². The monoisotopic (exact) mass is 513 g/mol. The van der Waals surface area contributed by atoms with Gasteiger partial charge in [-0.05, 0) is 87.3 Å². The lowest BCUT2D eigenvalue weighted by Crippen LogP contribution is -2.19. The molecular weight excluding hydrogens is 473 g/mol. The first-order valence-electron chi connectivity index (χ1n) is 12.4. The third-order valence-electron chi connectivity index (χ3n) is 5.93. The van der Waals surface area contributed by atoms with Crippen LogP contribution in [0.2, 0.25) is 0 Å². The van der Waals surface area contributed by atoms with E-state index in [-0.39, 0.29) is 23.7 Å². The van der Waals surface area contributed by atoms with E-state index >= 15 is 0 Å². The van der Waals surface area contributed by atoms with Crippen LogP contribution in [0.15, 0.2) is 83.0 Å². The summed E-state index contributed by atoms with van der Waals surface area (Å²) in [4.78, 5) is 22.0. The van der Waals surface area contributed by atoms with E-state index in [1.54, 1.807) is 12.1 Å². The number of phosphoric acid groups is 1. The van der Waals surface area contributed by atoms with Crippen LogP contribution in [0.1, 0.15) is 67.2 Å². The fourth-order valence-electron chi connectivity index (χ4n) is 4.03. The van der Waals surface area contributed by atoms with Gasteiger partial charge in [0, 0.05) is 11.8 Å². The van der Waals surface area contributed by atoms with Gasteiger partial charge in [-0.2, -0.15) is 0 Å². The molecule has 1 amide bonds. The van der Waals surface area contributed by atoms with Crippen LogP contribution in [0.4, 0.5) is 5.69 Å². The molecule has 0 aromatic heterocycles. The predicted octanol–water partition coefficient (Wildman–Crippen LogP) is 8.06. The Morgan fingerprint density at radius 1 is 1.17 bits per heavy atom. The summed E-state index contributed by atoms with van der Waals surface area (Å²) >= 11 is 0. The summed E-state index contributed by atoms with van der Waals surface area (Å²) in [6.07, 6.45) is 16.0. The van der Waals surface area contributed by atoms with Gasteiger partial charge in [0.2, 0.25) is 5.91 Å². The lowest BCUT2D eigenvalue weighted by Gasteiger charge is -2.32. The Balaban J connectivity index is 1.91. The topological polar surface area (TPSA) is 84.9 Å². The Morgan fingerprint density at radius 3 is 2.50 bits per heavy atom. The highest BCUT2D eigenvalue weighted by Crippen LogP contribution is 2.44. The van der Waals surface area contributed by atoms with Crippen molar-refractivity contribution >= 4 is 19.4 Å². The van der Waals surface area contributed by atoms with Crippen molar-refractivity contribution in [3.63, 3.8) is 0 Å². The molecule has 1 aliphatic rings. The lowest BCUT2D eigenvalue weighted by molar-refractivity contribution is -0.111. The Bertz CT molecular complexity index is 1110. The summed E-state index contributed by atoms with van der Waals surface area (Å²) in [5.41, 5.74) is 5.62. The minimum absolute atomic E-state index is 0.129. The van der Waals surface area contributed by atoms with E-state index in [4.69, 9.17) is 9.05 Å². The second-order valence-electron chi connectivity index (χ2n) is 9.83. The number of rotatable bonds is 11. The zero-order valence-electron chi connectivity index (χ0n) is 22.3. The van der Waals surface area contributed by atoms with Crippen molar-refractivity contribution in [2.75, 3.05) is 11.9 Å². The van der Waals surface area contributed by atoms with Crippen LogP contribution >= 0.6 is 7.82 Å². The first-order chi connectivity index (χ1) is 16.9. The molecule has 0 spiro atoms. The smallest absolute Gasteiger partial charge is 0.404 e. The summed E-state index contributed by atoms with van der Waals surface area (Å²) < 4.78 is 21.6. The molecule has 2 rings (SSSR count). The number of benzene rings is 1. The minimum atomic E-state index is -4.15. The van der Waals surface area contributed by atoms with Crippen molar-refractivity contribution in [1.29, 1.82) is 0 Å². The molecule has 1 aromatic rings. The quantitative estimate of drug-likeness (QED) is 0.178. The normalized spacial score (nSPS) is 18.5. The summed E-state index contributed by atoms with van der Waals surface area (Å²) in [5, 5.41) is 2.77. The Hall–Kier alpha value is -2.66. The Kier molecular flexibility index (Phi) is 11.2. The standard InChI is InChI=1S/C29H40NO5P/c1-7-20-34-36(32,33)35-26-16-14-25(15-17-26)30-28(31)21-23(3)11-8-10-22(2)13-18-27-24(4)12-9-19-29(27,5)6/h8,10-11,13-18,21H,7,9,12,19-20H2,1-6H3,(H,30,31)(H,32,33). The molecule has 1 aromatic carbocycles. The van der Waals surface area contributed by atoms with Crippen LogP contribution in [0.3, 0.4) is 0 Å². The Morgan fingerprint density at radius 2 is 1.86 bits per heavy atom. The van der Waals surface area contributed by atoms with E-state index in [9.17, 15) is 14.3 Å². The molecule has 1 unspecified atom stereocenters. The third-order valence-corrected chi connectivity index (χ3v) is 6.88. The van der Waals surface area contributed by atoms with Crippen molar-refractivity contribution in [2.24, 2.45) is 5.41 Å². The summed E-state index contributed by atoms with van der Waals surface area (Å²) in [6, 6.07) is 6.18. The molecule has 0 aliphatic heterocycles. The van der Waals surface area contributed by atoms with Gasteiger partial charge in [0.1, 0.15) is 5.75 Å². The van der Waals surface area contributed by atoms with Gasteiger partial charge in [-0.3, -0.25) is 14.2 Å². The van der Waals surface area contributed by atoms with E-state index in [0.717, 1.165) is 11.1 Å². The zero-order chi connectivity index (χ0) is 26.8. The van der Waals surface area contributed by atoms with Gasteiger partial charge in [0.15, 0.2) is 0 Å². The molecule has 2 N–H and O–H groups in total. The van der Waals surface area contributed by atoms with Crippen molar-refractivity contribution in [3.05, 3.63) is 83.0 Å². The van der Waals surface area contributed by atoms with Gasteiger partial charge in [0.25, 0.3) is 0 Å². The van der Waals surface area contributed by atoms with Gasteiger partial charge < -0.3 is 9.84 Å². The highest BCUT2D eigenvalue weighted by Gasteiger charge is 2.26. The summed E-state index contributed by atoms with van der Waals surface area (Å²) in [7, 11) is -4.15. The van der Waals surface area contributed by atoms with Crippen LogP contribution in [0, 0.1) is 5.41 Å². The molecule has 196 valence electrons. The number of anilines is 1. The first-order valence-corrected chi connectivity index (χ1v) is 13.9. The average molecular weight is 514 g/mol. The van der Waals surface area contributed by atoms with E-state index in [1.165, 1.54) is 48.6 Å². The highest BCUT2D eigenvalue weighted by atomic mass is 31.2. The van der Waals surface area contributed by atoms with Crippen LogP contribution in [-0.4, -0.2) is 17.4 Å². The predicted molar refractivity (Wildman–Crippen MR) is 148 cm³/mol. The highest BCUT2D eigenvalue weighted by molar-refractivity contribution is 7.47.